The second-order valence-electron chi connectivity index (χ2n) is 5.54. The molecular formula is C17H19NO3. The first-order valence-electron chi connectivity index (χ1n) is 6.81. The quantitative estimate of drug-likeness (QED) is 0.943. The fraction of sp³-hybridized carbons (Fsp3) is 0.294. The van der Waals surface area contributed by atoms with Gasteiger partial charge in [-0.2, -0.15) is 0 Å². The molecule has 0 atom stereocenters. The second kappa shape index (κ2) is 5.56. The Morgan fingerprint density at radius 3 is 2.14 bits per heavy atom. The van der Waals surface area contributed by atoms with Crippen LogP contribution in [-0.2, 0) is 6.54 Å². The second-order valence-corrected chi connectivity index (χ2v) is 5.54. The average Bonchev–Trinajstić information content (AvgIpc) is 2.32. The highest BCUT2D eigenvalue weighted by molar-refractivity contribution is 5.88. The first-order chi connectivity index (χ1) is 9.79. The summed E-state index contributed by atoms with van der Waals surface area (Å²) in [6.07, 6.45) is 0. The zero-order valence-electron chi connectivity index (χ0n) is 12.7. The van der Waals surface area contributed by atoms with Gasteiger partial charge in [0.2, 0.25) is 0 Å². The van der Waals surface area contributed by atoms with Gasteiger partial charge in [0.05, 0.1) is 6.54 Å². The molecule has 1 heterocycles. The number of rotatable bonds is 3. The van der Waals surface area contributed by atoms with E-state index in [1.54, 1.807) is 13.0 Å². The largest absolute Gasteiger partial charge is 0.477 e. The number of aromatic carboxylic acids is 1. The van der Waals surface area contributed by atoms with Crippen LogP contribution in [0.4, 0.5) is 0 Å². The van der Waals surface area contributed by atoms with Gasteiger partial charge in [0, 0.05) is 5.69 Å². The fourth-order valence-electron chi connectivity index (χ4n) is 2.73. The summed E-state index contributed by atoms with van der Waals surface area (Å²) in [5.74, 6) is -1.17. The molecule has 2 aromatic rings. The molecule has 0 aliphatic heterocycles. The third-order valence-electron chi connectivity index (χ3n) is 3.54. The number of carbonyl (C=O) groups is 1. The van der Waals surface area contributed by atoms with Crippen molar-refractivity contribution < 1.29 is 9.90 Å². The molecule has 1 aromatic heterocycles. The predicted molar refractivity (Wildman–Crippen MR) is 82.2 cm³/mol. The van der Waals surface area contributed by atoms with E-state index in [4.69, 9.17) is 0 Å². The van der Waals surface area contributed by atoms with Gasteiger partial charge in [0.1, 0.15) is 5.56 Å². The molecule has 21 heavy (non-hydrogen) atoms. The molecule has 2 rings (SSSR count). The molecule has 0 bridgehead atoms. The minimum absolute atomic E-state index is 0.148. The zero-order valence-corrected chi connectivity index (χ0v) is 12.7. The monoisotopic (exact) mass is 285 g/mol. The van der Waals surface area contributed by atoms with Gasteiger partial charge < -0.3 is 9.67 Å². The van der Waals surface area contributed by atoms with Gasteiger partial charge in [-0.1, -0.05) is 29.3 Å². The summed E-state index contributed by atoms with van der Waals surface area (Å²) >= 11 is 0. The van der Waals surface area contributed by atoms with E-state index in [0.717, 1.165) is 22.4 Å². The zero-order chi connectivity index (χ0) is 15.7. The van der Waals surface area contributed by atoms with Crippen molar-refractivity contribution in [2.24, 2.45) is 0 Å². The topological polar surface area (TPSA) is 59.3 Å². The van der Waals surface area contributed by atoms with Crippen LogP contribution < -0.4 is 5.56 Å². The lowest BCUT2D eigenvalue weighted by Crippen LogP contribution is -2.29. The van der Waals surface area contributed by atoms with Crippen LogP contribution in [0, 0.1) is 27.7 Å². The number of aromatic nitrogens is 1. The Morgan fingerprint density at radius 1 is 1.05 bits per heavy atom. The summed E-state index contributed by atoms with van der Waals surface area (Å²) < 4.78 is 1.52. The van der Waals surface area contributed by atoms with Gasteiger partial charge in [-0.15, -0.1) is 0 Å². The third kappa shape index (κ3) is 3.05. The van der Waals surface area contributed by atoms with Crippen molar-refractivity contribution in [3.05, 3.63) is 68.1 Å². The normalized spacial score (nSPS) is 10.7. The molecule has 0 amide bonds. The Labute approximate surface area is 123 Å². The van der Waals surface area contributed by atoms with Crippen molar-refractivity contribution in [3.8, 4) is 0 Å². The summed E-state index contributed by atoms with van der Waals surface area (Å²) in [6.45, 7) is 7.86. The highest BCUT2D eigenvalue weighted by Gasteiger charge is 2.16. The van der Waals surface area contributed by atoms with Gasteiger partial charge in [0.25, 0.3) is 5.56 Å². The summed E-state index contributed by atoms with van der Waals surface area (Å²) in [5.41, 5.74) is 3.92. The van der Waals surface area contributed by atoms with Gasteiger partial charge >= 0.3 is 5.97 Å². The first kappa shape index (κ1) is 15.0. The highest BCUT2D eigenvalue weighted by atomic mass is 16.4. The van der Waals surface area contributed by atoms with E-state index in [1.165, 1.54) is 4.57 Å². The van der Waals surface area contributed by atoms with E-state index in [-0.39, 0.29) is 5.56 Å². The van der Waals surface area contributed by atoms with E-state index in [9.17, 15) is 14.7 Å². The fourth-order valence-corrected chi connectivity index (χ4v) is 2.73. The van der Waals surface area contributed by atoms with Crippen LogP contribution in [0.5, 0.6) is 0 Å². The van der Waals surface area contributed by atoms with Crippen LogP contribution in [0.25, 0.3) is 0 Å². The van der Waals surface area contributed by atoms with Crippen molar-refractivity contribution in [1.29, 1.82) is 0 Å². The molecule has 0 radical (unpaired) electrons. The minimum atomic E-state index is -1.17. The molecule has 1 aromatic carbocycles. The van der Waals surface area contributed by atoms with Gasteiger partial charge in [-0.25, -0.2) is 4.79 Å². The Morgan fingerprint density at radius 2 is 1.62 bits per heavy atom. The van der Waals surface area contributed by atoms with Crippen molar-refractivity contribution in [2.75, 3.05) is 0 Å². The number of aryl methyl sites for hydroxylation is 4. The summed E-state index contributed by atoms with van der Waals surface area (Å²) in [5, 5.41) is 9.20. The number of nitrogens with zero attached hydrogens (tertiary/aromatic N) is 1. The number of carboxylic acids is 1. The smallest absolute Gasteiger partial charge is 0.341 e. The molecule has 4 heteroatoms. The molecule has 0 saturated carbocycles. The number of hydrogen-bond donors (Lipinski definition) is 1. The van der Waals surface area contributed by atoms with Gasteiger partial charge in [-0.3, -0.25) is 4.79 Å². The highest BCUT2D eigenvalue weighted by Crippen LogP contribution is 2.12. The molecule has 4 nitrogen and oxygen atoms in total. The van der Waals surface area contributed by atoms with Crippen molar-refractivity contribution in [3.63, 3.8) is 0 Å². The maximum Gasteiger partial charge on any atom is 0.341 e. The van der Waals surface area contributed by atoms with E-state index < -0.39 is 11.5 Å². The van der Waals surface area contributed by atoms with E-state index in [0.29, 0.717) is 12.1 Å². The summed E-state index contributed by atoms with van der Waals surface area (Å²) in [6, 6.07) is 7.84. The Bertz CT molecular complexity index is 752. The van der Waals surface area contributed by atoms with Crippen molar-refractivity contribution in [2.45, 2.75) is 34.2 Å². The number of hydrogen-bond acceptors (Lipinski definition) is 2. The summed E-state index contributed by atoms with van der Waals surface area (Å²) in [7, 11) is 0. The predicted octanol–water partition coefficient (Wildman–Crippen LogP) is 2.83. The van der Waals surface area contributed by atoms with Crippen LogP contribution >= 0.6 is 0 Å². The molecular weight excluding hydrogens is 266 g/mol. The van der Waals surface area contributed by atoms with Crippen LogP contribution in [0.15, 0.2) is 29.1 Å². The molecule has 110 valence electrons. The number of carboxylic acid groups (broad SMARTS) is 1. The Balaban J connectivity index is 2.57. The van der Waals surface area contributed by atoms with E-state index >= 15 is 0 Å². The van der Waals surface area contributed by atoms with Crippen LogP contribution in [-0.4, -0.2) is 15.6 Å². The number of pyridine rings is 1. The van der Waals surface area contributed by atoms with Gasteiger partial charge in [-0.05, 0) is 44.9 Å². The third-order valence-corrected chi connectivity index (χ3v) is 3.54. The summed E-state index contributed by atoms with van der Waals surface area (Å²) in [4.78, 5) is 23.7. The molecule has 0 aliphatic carbocycles. The SMILES string of the molecule is Cc1cc(C)cc(Cn2c(C)cc(C)c(C(=O)O)c2=O)c1. The maximum atomic E-state index is 12.4. The number of benzene rings is 1. The van der Waals surface area contributed by atoms with E-state index in [2.05, 4.69) is 6.07 Å². The van der Waals surface area contributed by atoms with Crippen LogP contribution in [0.1, 0.15) is 38.3 Å². The maximum absolute atomic E-state index is 12.4. The molecule has 0 spiro atoms. The standard InChI is InChI=1S/C17H19NO3/c1-10-5-11(2)7-14(6-10)9-18-13(4)8-12(3)15(16(18)19)17(20)21/h5-8H,9H2,1-4H3,(H,20,21). The Kier molecular flexibility index (Phi) is 3.98. The lowest BCUT2D eigenvalue weighted by atomic mass is 10.1. The van der Waals surface area contributed by atoms with Crippen LogP contribution in [0.2, 0.25) is 0 Å². The van der Waals surface area contributed by atoms with Crippen molar-refractivity contribution in [1.82, 2.24) is 4.57 Å². The van der Waals surface area contributed by atoms with Crippen molar-refractivity contribution >= 4 is 5.97 Å². The first-order valence-corrected chi connectivity index (χ1v) is 6.81. The van der Waals surface area contributed by atoms with E-state index in [1.807, 2.05) is 32.9 Å². The molecule has 0 aliphatic rings. The molecule has 0 saturated heterocycles. The lowest BCUT2D eigenvalue weighted by Gasteiger charge is -2.14. The van der Waals surface area contributed by atoms with Gasteiger partial charge in [0.15, 0.2) is 0 Å². The average molecular weight is 285 g/mol. The molecule has 1 N–H and O–H groups in total. The van der Waals surface area contributed by atoms with Crippen LogP contribution in [0.3, 0.4) is 0 Å². The lowest BCUT2D eigenvalue weighted by molar-refractivity contribution is 0.0693. The molecule has 0 unspecified atom stereocenters. The molecule has 0 fully saturated rings. The Hall–Kier alpha value is -2.36. The minimum Gasteiger partial charge on any atom is -0.477 e.